The molecule has 0 atom stereocenters. The number of carbonyl (C=O) groups excluding carboxylic acids is 1. The quantitative estimate of drug-likeness (QED) is 0.301. The number of carbonyl (C=O) groups is 1. The maximum Gasteiger partial charge on any atom is 0.270 e. The third-order valence-corrected chi connectivity index (χ3v) is 3.03. The second-order valence-electron chi connectivity index (χ2n) is 4.50. The van der Waals surface area contributed by atoms with Gasteiger partial charge in [0.1, 0.15) is 5.75 Å². The van der Waals surface area contributed by atoms with Gasteiger partial charge in [0.2, 0.25) is 0 Å². The SMILES string of the molecule is COc1ccc(C(=O)/C=C/c2cccc([N+](=O)[O-])c2)c(N)c1. The van der Waals surface area contributed by atoms with Crippen LogP contribution in [0, 0.1) is 10.1 Å². The fourth-order valence-corrected chi connectivity index (χ4v) is 1.90. The molecule has 2 rings (SSSR count). The predicted molar refractivity (Wildman–Crippen MR) is 83.9 cm³/mol. The lowest BCUT2D eigenvalue weighted by Crippen LogP contribution is -2.01. The van der Waals surface area contributed by atoms with Gasteiger partial charge in [-0.1, -0.05) is 18.2 Å². The molecule has 0 spiro atoms. The lowest BCUT2D eigenvalue weighted by atomic mass is 10.1. The first kappa shape index (κ1) is 15.2. The summed E-state index contributed by atoms with van der Waals surface area (Å²) in [7, 11) is 1.51. The molecule has 0 unspecified atom stereocenters. The third-order valence-electron chi connectivity index (χ3n) is 3.03. The zero-order valence-corrected chi connectivity index (χ0v) is 11.9. The number of ketones is 1. The molecule has 22 heavy (non-hydrogen) atoms. The number of allylic oxidation sites excluding steroid dienone is 1. The van der Waals surface area contributed by atoms with Gasteiger partial charge in [0.05, 0.1) is 12.0 Å². The van der Waals surface area contributed by atoms with Gasteiger partial charge in [-0.05, 0) is 23.8 Å². The Morgan fingerprint density at radius 2 is 2.05 bits per heavy atom. The van der Waals surface area contributed by atoms with Crippen LogP contribution >= 0.6 is 0 Å². The number of ether oxygens (including phenoxy) is 1. The van der Waals surface area contributed by atoms with Gasteiger partial charge < -0.3 is 10.5 Å². The van der Waals surface area contributed by atoms with E-state index in [2.05, 4.69) is 0 Å². The topological polar surface area (TPSA) is 95.5 Å². The van der Waals surface area contributed by atoms with E-state index < -0.39 is 4.92 Å². The number of nitrogen functional groups attached to an aromatic ring is 1. The van der Waals surface area contributed by atoms with Gasteiger partial charge in [-0.2, -0.15) is 0 Å². The Labute approximate surface area is 127 Å². The summed E-state index contributed by atoms with van der Waals surface area (Å²) in [6.07, 6.45) is 2.84. The van der Waals surface area contributed by atoms with Gasteiger partial charge in [-0.25, -0.2) is 0 Å². The Morgan fingerprint density at radius 1 is 1.27 bits per heavy atom. The van der Waals surface area contributed by atoms with Crippen LogP contribution in [0.15, 0.2) is 48.5 Å². The van der Waals surface area contributed by atoms with Gasteiger partial charge in [-0.15, -0.1) is 0 Å². The molecule has 0 saturated heterocycles. The lowest BCUT2D eigenvalue weighted by Gasteiger charge is -2.04. The van der Waals surface area contributed by atoms with Crippen molar-refractivity contribution in [2.24, 2.45) is 0 Å². The summed E-state index contributed by atoms with van der Waals surface area (Å²) in [6, 6.07) is 10.8. The van der Waals surface area contributed by atoms with Gasteiger partial charge in [0, 0.05) is 29.4 Å². The Hall–Kier alpha value is -3.15. The number of methoxy groups -OCH3 is 1. The minimum atomic E-state index is -0.485. The molecule has 112 valence electrons. The number of nitro groups is 1. The van der Waals surface area contributed by atoms with Crippen molar-refractivity contribution in [3.63, 3.8) is 0 Å². The molecule has 0 amide bonds. The molecule has 0 aliphatic carbocycles. The van der Waals surface area contributed by atoms with Gasteiger partial charge in [-0.3, -0.25) is 14.9 Å². The van der Waals surface area contributed by atoms with Crippen molar-refractivity contribution in [2.45, 2.75) is 0 Å². The number of nitro benzene ring substituents is 1. The van der Waals surface area contributed by atoms with E-state index in [1.807, 2.05) is 0 Å². The summed E-state index contributed by atoms with van der Waals surface area (Å²) >= 11 is 0. The minimum Gasteiger partial charge on any atom is -0.497 e. The minimum absolute atomic E-state index is 0.0291. The highest BCUT2D eigenvalue weighted by Crippen LogP contribution is 2.21. The van der Waals surface area contributed by atoms with Crippen molar-refractivity contribution >= 4 is 23.2 Å². The third kappa shape index (κ3) is 3.49. The number of nitrogens with two attached hydrogens (primary N) is 1. The Balaban J connectivity index is 2.21. The Bertz CT molecular complexity index is 754. The highest BCUT2D eigenvalue weighted by molar-refractivity contribution is 6.10. The Morgan fingerprint density at radius 3 is 2.68 bits per heavy atom. The van der Waals surface area contributed by atoms with Crippen molar-refractivity contribution in [1.82, 2.24) is 0 Å². The molecule has 2 N–H and O–H groups in total. The normalized spacial score (nSPS) is 10.6. The molecule has 0 saturated carbocycles. The van der Waals surface area contributed by atoms with Crippen molar-refractivity contribution in [3.8, 4) is 5.75 Å². The summed E-state index contributed by atoms with van der Waals surface area (Å²) in [5, 5.41) is 10.7. The molecular weight excluding hydrogens is 284 g/mol. The molecule has 6 nitrogen and oxygen atoms in total. The number of non-ortho nitro benzene ring substituents is 1. The maximum atomic E-state index is 12.1. The Kier molecular flexibility index (Phi) is 4.53. The van der Waals surface area contributed by atoms with E-state index in [1.165, 1.54) is 31.4 Å². The van der Waals surface area contributed by atoms with Crippen molar-refractivity contribution in [3.05, 3.63) is 69.8 Å². The fraction of sp³-hybridized carbons (Fsp3) is 0.0625. The molecule has 2 aromatic rings. The standard InChI is InChI=1S/C16H14N2O4/c1-22-13-6-7-14(15(17)10-13)16(19)8-5-11-3-2-4-12(9-11)18(20)21/h2-10H,17H2,1H3/b8-5+. The second kappa shape index (κ2) is 6.53. The van der Waals surface area contributed by atoms with Crippen LogP contribution in [0.5, 0.6) is 5.75 Å². The monoisotopic (exact) mass is 298 g/mol. The summed E-state index contributed by atoms with van der Waals surface area (Å²) in [5.74, 6) is 0.281. The first-order valence-electron chi connectivity index (χ1n) is 6.41. The summed E-state index contributed by atoms with van der Waals surface area (Å²) < 4.78 is 5.02. The van der Waals surface area contributed by atoms with E-state index in [1.54, 1.807) is 30.3 Å². The molecule has 0 bridgehead atoms. The van der Waals surface area contributed by atoms with E-state index in [4.69, 9.17) is 10.5 Å². The molecule has 2 aromatic carbocycles. The van der Waals surface area contributed by atoms with Crippen LogP contribution in [-0.4, -0.2) is 17.8 Å². The van der Waals surface area contributed by atoms with Crippen LogP contribution < -0.4 is 10.5 Å². The maximum absolute atomic E-state index is 12.1. The van der Waals surface area contributed by atoms with Crippen LogP contribution in [0.2, 0.25) is 0 Å². The first-order chi connectivity index (χ1) is 10.5. The average Bonchev–Trinajstić information content (AvgIpc) is 2.52. The summed E-state index contributed by atoms with van der Waals surface area (Å²) in [4.78, 5) is 22.3. The molecular formula is C16H14N2O4. The second-order valence-corrected chi connectivity index (χ2v) is 4.50. The van der Waals surface area contributed by atoms with Crippen molar-refractivity contribution < 1.29 is 14.5 Å². The van der Waals surface area contributed by atoms with Gasteiger partial charge >= 0.3 is 0 Å². The van der Waals surface area contributed by atoms with Crippen LogP contribution in [-0.2, 0) is 0 Å². The zero-order chi connectivity index (χ0) is 16.1. The molecule has 6 heteroatoms. The number of hydrogen-bond donors (Lipinski definition) is 1. The molecule has 0 aliphatic rings. The highest BCUT2D eigenvalue weighted by Gasteiger charge is 2.08. The number of nitrogens with zero attached hydrogens (tertiary/aromatic N) is 1. The van der Waals surface area contributed by atoms with Gasteiger partial charge in [0.15, 0.2) is 5.78 Å². The van der Waals surface area contributed by atoms with E-state index in [9.17, 15) is 14.9 Å². The molecule has 0 fully saturated rings. The van der Waals surface area contributed by atoms with E-state index in [0.29, 0.717) is 22.6 Å². The van der Waals surface area contributed by atoms with E-state index in [-0.39, 0.29) is 11.5 Å². The first-order valence-corrected chi connectivity index (χ1v) is 6.41. The van der Waals surface area contributed by atoms with Crippen LogP contribution in [0.1, 0.15) is 15.9 Å². The fourth-order valence-electron chi connectivity index (χ4n) is 1.90. The average molecular weight is 298 g/mol. The van der Waals surface area contributed by atoms with Crippen molar-refractivity contribution in [1.29, 1.82) is 0 Å². The van der Waals surface area contributed by atoms with Crippen LogP contribution in [0.3, 0.4) is 0 Å². The van der Waals surface area contributed by atoms with E-state index in [0.717, 1.165) is 0 Å². The summed E-state index contributed by atoms with van der Waals surface area (Å²) in [5.41, 5.74) is 7.00. The molecule has 0 aliphatic heterocycles. The lowest BCUT2D eigenvalue weighted by molar-refractivity contribution is -0.384. The molecule has 0 heterocycles. The van der Waals surface area contributed by atoms with Gasteiger partial charge in [0.25, 0.3) is 5.69 Å². The highest BCUT2D eigenvalue weighted by atomic mass is 16.6. The van der Waals surface area contributed by atoms with Crippen LogP contribution in [0.25, 0.3) is 6.08 Å². The van der Waals surface area contributed by atoms with Crippen LogP contribution in [0.4, 0.5) is 11.4 Å². The number of hydrogen-bond acceptors (Lipinski definition) is 5. The smallest absolute Gasteiger partial charge is 0.270 e. The van der Waals surface area contributed by atoms with Crippen molar-refractivity contribution in [2.75, 3.05) is 12.8 Å². The number of anilines is 1. The molecule has 0 aromatic heterocycles. The molecule has 0 radical (unpaired) electrons. The van der Waals surface area contributed by atoms with E-state index >= 15 is 0 Å². The summed E-state index contributed by atoms with van der Waals surface area (Å²) in [6.45, 7) is 0. The number of benzene rings is 2. The number of rotatable bonds is 5. The largest absolute Gasteiger partial charge is 0.497 e. The zero-order valence-electron chi connectivity index (χ0n) is 11.9. The predicted octanol–water partition coefficient (Wildman–Crippen LogP) is 3.08.